The summed E-state index contributed by atoms with van der Waals surface area (Å²) < 4.78 is 14.0. The molecule has 44 heavy (non-hydrogen) atoms. The van der Waals surface area contributed by atoms with Crippen LogP contribution in [0.1, 0.15) is 42.6 Å². The van der Waals surface area contributed by atoms with Crippen LogP contribution in [0.25, 0.3) is 11.1 Å². The lowest BCUT2D eigenvalue weighted by Crippen LogP contribution is -2.37. The summed E-state index contributed by atoms with van der Waals surface area (Å²) in [5, 5.41) is 10.5. The third-order valence-electron chi connectivity index (χ3n) is 7.38. The molecule has 9 heteroatoms. The van der Waals surface area contributed by atoms with Crippen LogP contribution < -0.4 is 14.9 Å². The van der Waals surface area contributed by atoms with Gasteiger partial charge in [-0.3, -0.25) is 10.5 Å². The highest BCUT2D eigenvalue weighted by molar-refractivity contribution is 9.10. The maximum atomic E-state index is 6.49. The van der Waals surface area contributed by atoms with Gasteiger partial charge in [-0.1, -0.05) is 87.7 Å². The molecule has 0 aliphatic heterocycles. The van der Waals surface area contributed by atoms with Crippen molar-refractivity contribution in [2.45, 2.75) is 31.5 Å². The van der Waals surface area contributed by atoms with Crippen molar-refractivity contribution in [3.05, 3.63) is 135 Å². The summed E-state index contributed by atoms with van der Waals surface area (Å²) in [6, 6.07) is 31.9. The van der Waals surface area contributed by atoms with Gasteiger partial charge in [0.2, 0.25) is 0 Å². The molecular weight excluding hydrogens is 659 g/mol. The molecule has 0 amide bonds. The fourth-order valence-corrected chi connectivity index (χ4v) is 5.67. The Kier molecular flexibility index (Phi) is 11.7. The van der Waals surface area contributed by atoms with Gasteiger partial charge in [0.15, 0.2) is 0 Å². The number of H-pyrrole nitrogens is 1. The molecule has 0 aliphatic carbocycles. The molecule has 0 radical (unpaired) electrons. The number of nitrogens with one attached hydrogen (secondary N) is 2. The van der Waals surface area contributed by atoms with Crippen LogP contribution in [0, 0.1) is 0 Å². The van der Waals surface area contributed by atoms with Gasteiger partial charge >= 0.3 is 0 Å². The van der Waals surface area contributed by atoms with Crippen LogP contribution in [0.3, 0.4) is 0 Å². The Balaban J connectivity index is 1.23. The monoisotopic (exact) mass is 692 g/mol. The van der Waals surface area contributed by atoms with Gasteiger partial charge in [0.1, 0.15) is 23.7 Å². The summed E-state index contributed by atoms with van der Waals surface area (Å²) in [6.07, 6.45) is 5.97. The van der Waals surface area contributed by atoms with Crippen molar-refractivity contribution < 1.29 is 9.47 Å². The van der Waals surface area contributed by atoms with E-state index >= 15 is 0 Å². The van der Waals surface area contributed by atoms with E-state index in [0.29, 0.717) is 10.0 Å². The first kappa shape index (κ1) is 32.1. The third-order valence-corrected chi connectivity index (χ3v) is 8.38. The number of benzene rings is 4. The summed E-state index contributed by atoms with van der Waals surface area (Å²) in [6.45, 7) is 1.63. The minimum Gasteiger partial charge on any atom is -0.486 e. The van der Waals surface area contributed by atoms with E-state index in [4.69, 9.17) is 32.7 Å². The van der Waals surface area contributed by atoms with Crippen molar-refractivity contribution in [3.63, 3.8) is 0 Å². The molecule has 2 N–H and O–H groups in total. The summed E-state index contributed by atoms with van der Waals surface area (Å²) in [5.41, 5.74) is 7.74. The molecule has 1 heterocycles. The first-order valence-electron chi connectivity index (χ1n) is 14.6. The maximum absolute atomic E-state index is 6.49. The molecule has 228 valence electrons. The van der Waals surface area contributed by atoms with Crippen LogP contribution in [-0.2, 0) is 0 Å². The van der Waals surface area contributed by atoms with E-state index in [9.17, 15) is 0 Å². The fraction of sp³-hybridized carbons (Fsp3) is 0.229. The summed E-state index contributed by atoms with van der Waals surface area (Å²) in [5.74, 6) is 1.50. The number of hydrazine groups is 1. The number of nitrogens with zero attached hydrogens (tertiary/aromatic N) is 2. The SMILES string of the molecule is CNN(CCCC(Oc1cccc(Cl)c1)c1ccc(-c2cn[nH]c2)cc1)CCC(Oc1cccc(Cl)c1)c1ccc(Br)cc1. The second kappa shape index (κ2) is 16.1. The summed E-state index contributed by atoms with van der Waals surface area (Å²) in [4.78, 5) is 0. The number of ether oxygens (including phenoxy) is 2. The molecule has 1 aromatic heterocycles. The van der Waals surface area contributed by atoms with Gasteiger partial charge in [0.25, 0.3) is 0 Å². The van der Waals surface area contributed by atoms with Crippen LogP contribution >= 0.6 is 39.1 Å². The lowest BCUT2D eigenvalue weighted by atomic mass is 10.0. The first-order valence-corrected chi connectivity index (χ1v) is 16.1. The number of aromatic nitrogens is 2. The highest BCUT2D eigenvalue weighted by Crippen LogP contribution is 2.31. The van der Waals surface area contributed by atoms with Crippen molar-refractivity contribution >= 4 is 39.1 Å². The molecular formula is C35H35BrCl2N4O2. The van der Waals surface area contributed by atoms with E-state index in [1.165, 1.54) is 0 Å². The van der Waals surface area contributed by atoms with Gasteiger partial charge < -0.3 is 9.47 Å². The molecule has 5 rings (SSSR count). The number of hydrogen-bond donors (Lipinski definition) is 2. The van der Waals surface area contributed by atoms with E-state index in [1.807, 2.05) is 80.1 Å². The average molecular weight is 695 g/mol. The minimum atomic E-state index is -0.134. The zero-order valence-corrected chi connectivity index (χ0v) is 27.5. The highest BCUT2D eigenvalue weighted by Gasteiger charge is 2.18. The zero-order chi connectivity index (χ0) is 30.7. The van der Waals surface area contributed by atoms with Crippen molar-refractivity contribution in [2.75, 3.05) is 20.1 Å². The Labute approximate surface area is 277 Å². The Bertz CT molecular complexity index is 1580. The second-order valence-corrected chi connectivity index (χ2v) is 12.2. The van der Waals surface area contributed by atoms with Gasteiger partial charge in [-0.2, -0.15) is 5.10 Å². The number of rotatable bonds is 15. The van der Waals surface area contributed by atoms with Gasteiger partial charge in [0, 0.05) is 45.8 Å². The van der Waals surface area contributed by atoms with E-state index in [1.54, 1.807) is 0 Å². The lowest BCUT2D eigenvalue weighted by Gasteiger charge is -2.26. The van der Waals surface area contributed by atoms with Crippen LogP contribution in [0.2, 0.25) is 10.0 Å². The smallest absolute Gasteiger partial charge is 0.125 e. The van der Waals surface area contributed by atoms with Crippen LogP contribution in [0.15, 0.2) is 114 Å². The van der Waals surface area contributed by atoms with E-state index in [-0.39, 0.29) is 12.2 Å². The third kappa shape index (κ3) is 9.34. The van der Waals surface area contributed by atoms with E-state index < -0.39 is 0 Å². The molecule has 5 aromatic rings. The largest absolute Gasteiger partial charge is 0.486 e. The fourth-order valence-electron chi connectivity index (χ4n) is 5.05. The Morgan fingerprint density at radius 1 is 0.773 bits per heavy atom. The zero-order valence-electron chi connectivity index (χ0n) is 24.4. The number of hydrogen-bond acceptors (Lipinski definition) is 5. The highest BCUT2D eigenvalue weighted by atomic mass is 79.9. The van der Waals surface area contributed by atoms with Crippen molar-refractivity contribution in [1.29, 1.82) is 0 Å². The molecule has 6 nitrogen and oxygen atoms in total. The molecule has 0 saturated carbocycles. The first-order chi connectivity index (χ1) is 21.5. The number of halogens is 3. The maximum Gasteiger partial charge on any atom is 0.125 e. The van der Waals surface area contributed by atoms with Crippen LogP contribution in [-0.4, -0.2) is 35.3 Å². The molecule has 0 fully saturated rings. The average Bonchev–Trinajstić information content (AvgIpc) is 3.57. The van der Waals surface area contributed by atoms with Crippen molar-refractivity contribution in [3.8, 4) is 22.6 Å². The molecule has 4 aromatic carbocycles. The predicted molar refractivity (Wildman–Crippen MR) is 182 cm³/mol. The molecule has 0 aliphatic rings. The van der Waals surface area contributed by atoms with Gasteiger partial charge in [-0.15, -0.1) is 0 Å². The van der Waals surface area contributed by atoms with Gasteiger partial charge in [-0.25, -0.2) is 5.01 Å². The topological polar surface area (TPSA) is 62.4 Å². The molecule has 2 unspecified atom stereocenters. The second-order valence-electron chi connectivity index (χ2n) is 10.4. The van der Waals surface area contributed by atoms with Crippen molar-refractivity contribution in [1.82, 2.24) is 20.6 Å². The predicted octanol–water partition coefficient (Wildman–Crippen LogP) is 9.69. The Hall–Kier alpha value is -3.33. The molecule has 0 spiro atoms. The molecule has 0 saturated heterocycles. The van der Waals surface area contributed by atoms with E-state index in [2.05, 4.69) is 73.0 Å². The Morgan fingerprint density at radius 3 is 1.91 bits per heavy atom. The van der Waals surface area contributed by atoms with Crippen molar-refractivity contribution in [2.24, 2.45) is 0 Å². The molecule has 2 atom stereocenters. The number of aromatic amines is 1. The minimum absolute atomic E-state index is 0.132. The quantitative estimate of drug-likeness (QED) is 0.107. The molecule has 0 bridgehead atoms. The summed E-state index contributed by atoms with van der Waals surface area (Å²) in [7, 11) is 1.96. The van der Waals surface area contributed by atoms with E-state index in [0.717, 1.165) is 70.6 Å². The Morgan fingerprint density at radius 2 is 1.36 bits per heavy atom. The van der Waals surface area contributed by atoms with Gasteiger partial charge in [-0.05, 0) is 85.1 Å². The van der Waals surface area contributed by atoms with Crippen LogP contribution in [0.5, 0.6) is 11.5 Å². The summed E-state index contributed by atoms with van der Waals surface area (Å²) >= 11 is 16.0. The van der Waals surface area contributed by atoms with Gasteiger partial charge in [0.05, 0.1) is 6.20 Å². The van der Waals surface area contributed by atoms with Crippen LogP contribution in [0.4, 0.5) is 0 Å². The lowest BCUT2D eigenvalue weighted by molar-refractivity contribution is 0.131. The normalized spacial score (nSPS) is 12.7. The standard InChI is InChI=1S/C35H35BrCl2N4O2/c1-39-42(20-18-35(27-14-16-29(36)17-15-27)44-33-8-3-6-31(38)22-33)19-4-9-34(43-32-7-2-5-30(37)21-32)26-12-10-25(11-13-26)28-23-40-41-24-28/h2-3,5-8,10-17,21-24,34-35,39H,4,9,18-20H2,1H3,(H,40,41).